The molecular weight excluding hydrogens is 520 g/mol. The molecule has 36 heavy (non-hydrogen) atoms. The molecule has 0 saturated heterocycles. The molecule has 0 spiro atoms. The van der Waals surface area contributed by atoms with Gasteiger partial charge in [0, 0.05) is 41.6 Å². The molecule has 1 aliphatic rings. The minimum atomic E-state index is -1.19. The van der Waals surface area contributed by atoms with Gasteiger partial charge in [-0.05, 0) is 42.3 Å². The van der Waals surface area contributed by atoms with E-state index in [0.717, 1.165) is 27.6 Å². The minimum Gasteiger partial charge on any atom is -0.494 e. The Labute approximate surface area is 220 Å². The minimum absolute atomic E-state index is 0.0861. The fraction of sp³-hybridized carbons (Fsp3) is 0.310. The largest absolute Gasteiger partial charge is 0.494 e. The molecule has 0 aliphatic carbocycles. The number of aliphatic imine (C=N–C) groups is 1. The van der Waals surface area contributed by atoms with Gasteiger partial charge in [-0.1, -0.05) is 71.4 Å². The number of hydrogen-bond acceptors (Lipinski definition) is 5. The lowest BCUT2D eigenvalue weighted by atomic mass is 9.82. The van der Waals surface area contributed by atoms with Crippen LogP contribution in [0.2, 0.25) is 0 Å². The monoisotopic (exact) mass is 550 g/mol. The third-order valence-electron chi connectivity index (χ3n) is 6.07. The second-order valence-electron chi connectivity index (χ2n) is 8.73. The van der Waals surface area contributed by atoms with Crippen molar-refractivity contribution < 1.29 is 19.4 Å². The standard InChI is InChI=1S/C29H31BrN2O4/c1-2-17-31-28(34)29(20-21-9-4-3-5-10-21)26(24-11-6-7-12-25(24)30)36-27(32-29)22-13-15-23(16-14-22)35-19-8-18-33/h3-7,9-16,26,33H,2,8,17-20H2,1H3,(H,31,34)/t26-,29-/m1/s1. The predicted octanol–water partition coefficient (Wildman–Crippen LogP) is 5.24. The van der Waals surface area contributed by atoms with Gasteiger partial charge in [-0.3, -0.25) is 4.79 Å². The van der Waals surface area contributed by atoms with E-state index < -0.39 is 11.6 Å². The summed E-state index contributed by atoms with van der Waals surface area (Å²) >= 11 is 3.66. The Morgan fingerprint density at radius 1 is 1.08 bits per heavy atom. The maximum Gasteiger partial charge on any atom is 0.252 e. The van der Waals surface area contributed by atoms with Crippen LogP contribution in [-0.4, -0.2) is 42.2 Å². The number of aliphatic hydroxyl groups is 1. The molecule has 1 aliphatic heterocycles. The second kappa shape index (κ2) is 12.2. The summed E-state index contributed by atoms with van der Waals surface area (Å²) in [5.41, 5.74) is 1.44. The Balaban J connectivity index is 1.76. The first-order chi connectivity index (χ1) is 17.6. The van der Waals surface area contributed by atoms with Crippen LogP contribution in [-0.2, 0) is 16.0 Å². The Morgan fingerprint density at radius 2 is 1.81 bits per heavy atom. The highest BCUT2D eigenvalue weighted by atomic mass is 79.9. The summed E-state index contributed by atoms with van der Waals surface area (Å²) in [6.07, 6.45) is 1.16. The summed E-state index contributed by atoms with van der Waals surface area (Å²) in [6, 6.07) is 25.2. The lowest BCUT2D eigenvalue weighted by Gasteiger charge is -2.31. The molecule has 3 aromatic rings. The topological polar surface area (TPSA) is 80.2 Å². The van der Waals surface area contributed by atoms with Gasteiger partial charge in [0.25, 0.3) is 5.91 Å². The number of rotatable bonds is 11. The van der Waals surface area contributed by atoms with E-state index in [-0.39, 0.29) is 12.5 Å². The SMILES string of the molecule is CCCNC(=O)[C@]1(Cc2ccccc2)N=C(c2ccc(OCCCO)cc2)O[C@@H]1c1ccccc1Br. The van der Waals surface area contributed by atoms with Crippen LogP contribution < -0.4 is 10.1 Å². The fourth-order valence-electron chi connectivity index (χ4n) is 4.25. The van der Waals surface area contributed by atoms with Crippen molar-refractivity contribution in [3.63, 3.8) is 0 Å². The molecule has 6 nitrogen and oxygen atoms in total. The number of nitrogens with one attached hydrogen (secondary N) is 1. The fourth-order valence-corrected chi connectivity index (χ4v) is 4.74. The van der Waals surface area contributed by atoms with Crippen LogP contribution in [0.1, 0.15) is 42.6 Å². The first-order valence-corrected chi connectivity index (χ1v) is 13.0. The average Bonchev–Trinajstić information content (AvgIpc) is 3.28. The van der Waals surface area contributed by atoms with Crippen LogP contribution in [0.3, 0.4) is 0 Å². The van der Waals surface area contributed by atoms with Crippen molar-refractivity contribution in [3.05, 3.63) is 100 Å². The highest BCUT2D eigenvalue weighted by molar-refractivity contribution is 9.10. The number of benzene rings is 3. The lowest BCUT2D eigenvalue weighted by Crippen LogP contribution is -2.50. The maximum absolute atomic E-state index is 13.8. The number of carbonyl (C=O) groups excluding carboxylic acids is 1. The van der Waals surface area contributed by atoms with Crippen LogP contribution in [0.4, 0.5) is 0 Å². The first kappa shape index (κ1) is 25.9. The zero-order valence-corrected chi connectivity index (χ0v) is 21.9. The van der Waals surface area contributed by atoms with Crippen LogP contribution in [0.15, 0.2) is 88.3 Å². The summed E-state index contributed by atoms with van der Waals surface area (Å²) in [5.74, 6) is 0.956. The normalized spacial score (nSPS) is 18.9. The molecule has 0 aromatic heterocycles. The Morgan fingerprint density at radius 3 is 2.50 bits per heavy atom. The molecule has 1 heterocycles. The van der Waals surface area contributed by atoms with Crippen molar-refractivity contribution in [1.82, 2.24) is 5.32 Å². The Kier molecular flexibility index (Phi) is 8.78. The van der Waals surface area contributed by atoms with Crippen molar-refractivity contribution in [2.45, 2.75) is 37.8 Å². The van der Waals surface area contributed by atoms with Gasteiger partial charge in [0.05, 0.1) is 6.61 Å². The Hall–Kier alpha value is -3.16. The highest BCUT2D eigenvalue weighted by Gasteiger charge is 2.53. The smallest absolute Gasteiger partial charge is 0.252 e. The van der Waals surface area contributed by atoms with Crippen LogP contribution in [0.5, 0.6) is 5.75 Å². The van der Waals surface area contributed by atoms with Crippen LogP contribution >= 0.6 is 15.9 Å². The van der Waals surface area contributed by atoms with Gasteiger partial charge >= 0.3 is 0 Å². The lowest BCUT2D eigenvalue weighted by molar-refractivity contribution is -0.128. The van der Waals surface area contributed by atoms with Gasteiger partial charge in [0.1, 0.15) is 5.75 Å². The zero-order chi connectivity index (χ0) is 25.4. The average molecular weight is 551 g/mol. The third-order valence-corrected chi connectivity index (χ3v) is 6.79. The summed E-state index contributed by atoms with van der Waals surface area (Å²) in [7, 11) is 0. The molecular formula is C29H31BrN2O4. The summed E-state index contributed by atoms with van der Waals surface area (Å²) < 4.78 is 13.1. The van der Waals surface area contributed by atoms with Gasteiger partial charge in [-0.25, -0.2) is 4.99 Å². The molecule has 3 aromatic carbocycles. The van der Waals surface area contributed by atoms with E-state index in [0.29, 0.717) is 37.6 Å². The summed E-state index contributed by atoms with van der Waals surface area (Å²) in [4.78, 5) is 18.9. The molecule has 0 fully saturated rings. The molecule has 0 unspecified atom stereocenters. The van der Waals surface area contributed by atoms with Crippen molar-refractivity contribution in [3.8, 4) is 5.75 Å². The van der Waals surface area contributed by atoms with E-state index in [2.05, 4.69) is 21.2 Å². The quantitative estimate of drug-likeness (QED) is 0.320. The van der Waals surface area contributed by atoms with Gasteiger partial charge in [0.2, 0.25) is 5.90 Å². The number of aliphatic hydroxyl groups excluding tert-OH is 1. The molecule has 1 amide bonds. The zero-order valence-electron chi connectivity index (χ0n) is 20.3. The summed E-state index contributed by atoms with van der Waals surface area (Å²) in [5, 5.41) is 12.1. The molecule has 0 bridgehead atoms. The third kappa shape index (κ3) is 5.79. The van der Waals surface area contributed by atoms with Gasteiger partial charge < -0.3 is 19.9 Å². The van der Waals surface area contributed by atoms with Crippen LogP contribution in [0.25, 0.3) is 0 Å². The second-order valence-corrected chi connectivity index (χ2v) is 9.58. The number of hydrogen-bond donors (Lipinski definition) is 2. The van der Waals surface area contributed by atoms with E-state index in [9.17, 15) is 4.79 Å². The van der Waals surface area contributed by atoms with Gasteiger partial charge in [0.15, 0.2) is 11.6 Å². The van der Waals surface area contributed by atoms with E-state index in [4.69, 9.17) is 19.6 Å². The number of halogens is 1. The molecule has 0 saturated carbocycles. The number of ether oxygens (including phenoxy) is 2. The first-order valence-electron chi connectivity index (χ1n) is 12.2. The highest BCUT2D eigenvalue weighted by Crippen LogP contribution is 2.44. The van der Waals surface area contributed by atoms with E-state index in [1.165, 1.54) is 0 Å². The van der Waals surface area contributed by atoms with Crippen LogP contribution in [0, 0.1) is 0 Å². The number of amides is 1. The molecule has 188 valence electrons. The molecule has 7 heteroatoms. The van der Waals surface area contributed by atoms with Gasteiger partial charge in [-0.15, -0.1) is 0 Å². The number of nitrogens with zero attached hydrogens (tertiary/aromatic N) is 1. The van der Waals surface area contributed by atoms with Crippen molar-refractivity contribution in [1.29, 1.82) is 0 Å². The van der Waals surface area contributed by atoms with E-state index in [1.54, 1.807) is 0 Å². The van der Waals surface area contributed by atoms with Gasteiger partial charge in [-0.2, -0.15) is 0 Å². The van der Waals surface area contributed by atoms with Crippen molar-refractivity contribution >= 4 is 27.7 Å². The summed E-state index contributed by atoms with van der Waals surface area (Å²) in [6.45, 7) is 3.11. The van der Waals surface area contributed by atoms with E-state index in [1.807, 2.05) is 85.8 Å². The molecule has 0 radical (unpaired) electrons. The van der Waals surface area contributed by atoms with Crippen molar-refractivity contribution in [2.75, 3.05) is 19.8 Å². The predicted molar refractivity (Wildman–Crippen MR) is 144 cm³/mol. The van der Waals surface area contributed by atoms with E-state index >= 15 is 0 Å². The Bertz CT molecular complexity index is 1180. The maximum atomic E-state index is 13.8. The van der Waals surface area contributed by atoms with Crippen molar-refractivity contribution in [2.24, 2.45) is 4.99 Å². The molecule has 4 rings (SSSR count). The number of carbonyl (C=O) groups is 1. The molecule has 2 atom stereocenters. The molecule has 2 N–H and O–H groups in total.